The maximum absolute atomic E-state index is 12.0. The van der Waals surface area contributed by atoms with E-state index in [1.807, 2.05) is 6.07 Å². The Hall–Kier alpha value is -2.53. The molecule has 5 nitrogen and oxygen atoms in total. The van der Waals surface area contributed by atoms with Gasteiger partial charge in [-0.3, -0.25) is 0 Å². The molecule has 0 fully saturated rings. The molecule has 6 heteroatoms. The van der Waals surface area contributed by atoms with Crippen molar-refractivity contribution in [1.29, 1.82) is 0 Å². The smallest absolute Gasteiger partial charge is 0.333 e. The number of carbonyl (C=O) groups excluding carboxylic acids is 2. The third-order valence-electron chi connectivity index (χ3n) is 2.95. The van der Waals surface area contributed by atoms with Gasteiger partial charge in [0.1, 0.15) is 0 Å². The molecule has 0 heterocycles. The lowest BCUT2D eigenvalue weighted by molar-refractivity contribution is -0.143. The van der Waals surface area contributed by atoms with Crippen LogP contribution in [0.25, 0.3) is 0 Å². The molecule has 2 N–H and O–H groups in total. The first-order valence-corrected chi connectivity index (χ1v) is 6.94. The number of rotatable bonds is 4. The van der Waals surface area contributed by atoms with Gasteiger partial charge in [-0.25, -0.2) is 9.59 Å². The number of anilines is 1. The Bertz CT molecular complexity index is 644. The number of esters is 1. The fourth-order valence-electron chi connectivity index (χ4n) is 1.87. The maximum Gasteiger partial charge on any atom is 0.333 e. The van der Waals surface area contributed by atoms with Gasteiger partial charge >= 0.3 is 12.0 Å². The number of halogens is 1. The third-order valence-corrected chi connectivity index (χ3v) is 3.20. The summed E-state index contributed by atoms with van der Waals surface area (Å²) >= 11 is 5.78. The number of methoxy groups -OCH3 is 1. The van der Waals surface area contributed by atoms with Crippen LogP contribution < -0.4 is 10.6 Å². The van der Waals surface area contributed by atoms with Gasteiger partial charge in [-0.05, 0) is 29.8 Å². The van der Waals surface area contributed by atoms with Crippen LogP contribution in [0.5, 0.6) is 0 Å². The maximum atomic E-state index is 12.0. The van der Waals surface area contributed by atoms with E-state index in [9.17, 15) is 9.59 Å². The highest BCUT2D eigenvalue weighted by Crippen LogP contribution is 2.16. The normalized spacial score (nSPS) is 11.4. The van der Waals surface area contributed by atoms with Gasteiger partial charge in [-0.2, -0.15) is 0 Å². The third kappa shape index (κ3) is 4.23. The van der Waals surface area contributed by atoms with Crippen molar-refractivity contribution < 1.29 is 14.3 Å². The lowest BCUT2D eigenvalue weighted by atomic mass is 10.1. The van der Waals surface area contributed by atoms with E-state index in [1.54, 1.807) is 48.5 Å². The number of ether oxygens (including phenoxy) is 1. The van der Waals surface area contributed by atoms with E-state index in [4.69, 9.17) is 16.3 Å². The molecule has 0 aliphatic rings. The molecule has 0 saturated heterocycles. The quantitative estimate of drug-likeness (QED) is 0.849. The average molecular weight is 319 g/mol. The molecule has 0 spiro atoms. The minimum Gasteiger partial charge on any atom is -0.467 e. The summed E-state index contributed by atoms with van der Waals surface area (Å²) < 4.78 is 4.73. The largest absolute Gasteiger partial charge is 0.467 e. The summed E-state index contributed by atoms with van der Waals surface area (Å²) in [5.41, 5.74) is 1.21. The molecule has 0 radical (unpaired) electrons. The SMILES string of the molecule is COC(=O)[C@@H](NC(=O)Nc1ccc(Cl)cc1)c1ccccc1. The molecule has 2 amide bonds. The summed E-state index contributed by atoms with van der Waals surface area (Å²) in [5.74, 6) is -0.544. The van der Waals surface area contributed by atoms with Crippen LogP contribution in [0.1, 0.15) is 11.6 Å². The molecule has 2 aromatic rings. The van der Waals surface area contributed by atoms with Gasteiger partial charge < -0.3 is 15.4 Å². The summed E-state index contributed by atoms with van der Waals surface area (Å²) in [6, 6.07) is 14.1. The zero-order chi connectivity index (χ0) is 15.9. The van der Waals surface area contributed by atoms with Gasteiger partial charge in [0.2, 0.25) is 0 Å². The molecule has 2 rings (SSSR count). The van der Waals surface area contributed by atoms with Gasteiger partial charge in [-0.15, -0.1) is 0 Å². The van der Waals surface area contributed by atoms with Crippen LogP contribution in [0.4, 0.5) is 10.5 Å². The van der Waals surface area contributed by atoms with Crippen molar-refractivity contribution in [2.75, 3.05) is 12.4 Å². The first-order chi connectivity index (χ1) is 10.6. The zero-order valence-electron chi connectivity index (χ0n) is 11.9. The molecular formula is C16H15ClN2O3. The summed E-state index contributed by atoms with van der Waals surface area (Å²) in [6.45, 7) is 0. The molecule has 0 saturated carbocycles. The molecule has 2 aromatic carbocycles. The van der Waals surface area contributed by atoms with E-state index >= 15 is 0 Å². The predicted molar refractivity (Wildman–Crippen MR) is 84.8 cm³/mol. The molecule has 0 aromatic heterocycles. The second kappa shape index (κ2) is 7.47. The molecular weight excluding hydrogens is 304 g/mol. The number of hydrogen-bond donors (Lipinski definition) is 2. The standard InChI is InChI=1S/C16H15ClN2O3/c1-22-15(20)14(11-5-3-2-4-6-11)19-16(21)18-13-9-7-12(17)8-10-13/h2-10,14H,1H3,(H2,18,19,21)/t14-/m0/s1. The molecule has 22 heavy (non-hydrogen) atoms. The highest BCUT2D eigenvalue weighted by Gasteiger charge is 2.23. The van der Waals surface area contributed by atoms with Crippen LogP contribution in [-0.4, -0.2) is 19.1 Å². The number of benzene rings is 2. The second-order valence-electron chi connectivity index (χ2n) is 4.47. The van der Waals surface area contributed by atoms with Crippen molar-refractivity contribution >= 4 is 29.3 Å². The summed E-state index contributed by atoms with van der Waals surface area (Å²) in [6.07, 6.45) is 0. The summed E-state index contributed by atoms with van der Waals surface area (Å²) in [7, 11) is 1.27. The van der Waals surface area contributed by atoms with Crippen LogP contribution >= 0.6 is 11.6 Å². The molecule has 114 valence electrons. The van der Waals surface area contributed by atoms with Gasteiger partial charge in [0.15, 0.2) is 6.04 Å². The van der Waals surface area contributed by atoms with E-state index in [0.29, 0.717) is 16.3 Å². The summed E-state index contributed by atoms with van der Waals surface area (Å²) in [4.78, 5) is 23.9. The van der Waals surface area contributed by atoms with E-state index < -0.39 is 18.0 Å². The molecule has 0 aliphatic carbocycles. The molecule has 0 aliphatic heterocycles. The lowest BCUT2D eigenvalue weighted by Crippen LogP contribution is -2.37. The Kier molecular flexibility index (Phi) is 5.38. The Morgan fingerprint density at radius 3 is 2.27 bits per heavy atom. The zero-order valence-corrected chi connectivity index (χ0v) is 12.6. The summed E-state index contributed by atoms with van der Waals surface area (Å²) in [5, 5.41) is 5.79. The molecule has 0 unspecified atom stereocenters. The Labute approximate surface area is 133 Å². The van der Waals surface area contributed by atoms with Crippen LogP contribution in [-0.2, 0) is 9.53 Å². The lowest BCUT2D eigenvalue weighted by Gasteiger charge is -2.17. The van der Waals surface area contributed by atoms with Gasteiger partial charge in [0.05, 0.1) is 7.11 Å². The fraction of sp³-hybridized carbons (Fsp3) is 0.125. The number of hydrogen-bond acceptors (Lipinski definition) is 3. The van der Waals surface area contributed by atoms with Crippen molar-refractivity contribution in [3.63, 3.8) is 0 Å². The van der Waals surface area contributed by atoms with E-state index in [-0.39, 0.29) is 0 Å². The van der Waals surface area contributed by atoms with Gasteiger partial charge in [-0.1, -0.05) is 41.9 Å². The molecule has 1 atom stereocenters. The van der Waals surface area contributed by atoms with Crippen molar-refractivity contribution in [2.24, 2.45) is 0 Å². The minimum atomic E-state index is -0.876. The molecule has 0 bridgehead atoms. The van der Waals surface area contributed by atoms with Crippen LogP contribution in [0.2, 0.25) is 5.02 Å². The van der Waals surface area contributed by atoms with E-state index in [2.05, 4.69) is 10.6 Å². The van der Waals surface area contributed by atoms with Crippen LogP contribution in [0.3, 0.4) is 0 Å². The Balaban J connectivity index is 2.08. The first-order valence-electron chi connectivity index (χ1n) is 6.56. The Morgan fingerprint density at radius 2 is 1.68 bits per heavy atom. The average Bonchev–Trinajstić information content (AvgIpc) is 2.55. The Morgan fingerprint density at radius 1 is 1.05 bits per heavy atom. The number of urea groups is 1. The number of amides is 2. The van der Waals surface area contributed by atoms with Crippen molar-refractivity contribution in [3.8, 4) is 0 Å². The van der Waals surface area contributed by atoms with Gasteiger partial charge in [0.25, 0.3) is 0 Å². The fourth-order valence-corrected chi connectivity index (χ4v) is 2.00. The highest BCUT2D eigenvalue weighted by atomic mass is 35.5. The van der Waals surface area contributed by atoms with E-state index in [1.165, 1.54) is 7.11 Å². The van der Waals surface area contributed by atoms with Gasteiger partial charge in [0, 0.05) is 10.7 Å². The van der Waals surface area contributed by atoms with Crippen molar-refractivity contribution in [3.05, 3.63) is 65.2 Å². The monoisotopic (exact) mass is 318 g/mol. The highest BCUT2D eigenvalue weighted by molar-refractivity contribution is 6.30. The van der Waals surface area contributed by atoms with Crippen LogP contribution in [0, 0.1) is 0 Å². The first kappa shape index (κ1) is 15.9. The second-order valence-corrected chi connectivity index (χ2v) is 4.91. The topological polar surface area (TPSA) is 67.4 Å². The van der Waals surface area contributed by atoms with Crippen LogP contribution in [0.15, 0.2) is 54.6 Å². The van der Waals surface area contributed by atoms with E-state index in [0.717, 1.165) is 0 Å². The van der Waals surface area contributed by atoms with Crippen molar-refractivity contribution in [2.45, 2.75) is 6.04 Å². The van der Waals surface area contributed by atoms with Crippen molar-refractivity contribution in [1.82, 2.24) is 5.32 Å². The number of carbonyl (C=O) groups is 2. The minimum absolute atomic E-state index is 0.512. The predicted octanol–water partition coefficient (Wildman–Crippen LogP) is 3.38. The number of nitrogens with one attached hydrogen (secondary N) is 2.